The summed E-state index contributed by atoms with van der Waals surface area (Å²) in [6.07, 6.45) is 0. The fourth-order valence-electron chi connectivity index (χ4n) is 2.12. The summed E-state index contributed by atoms with van der Waals surface area (Å²) in [4.78, 5) is 0.0931. The lowest BCUT2D eigenvalue weighted by molar-refractivity contribution is 0.174. The van der Waals surface area contributed by atoms with Gasteiger partial charge in [0, 0.05) is 12.6 Å². The predicted molar refractivity (Wildman–Crippen MR) is 77.7 cm³/mol. The second-order valence-electron chi connectivity index (χ2n) is 4.92. The Morgan fingerprint density at radius 2 is 1.91 bits per heavy atom. The summed E-state index contributed by atoms with van der Waals surface area (Å²) < 4.78 is 50.6. The Kier molecular flexibility index (Phi) is 3.76. The molecule has 1 heterocycles. The van der Waals surface area contributed by atoms with Crippen molar-refractivity contribution in [1.29, 1.82) is 0 Å². The highest BCUT2D eigenvalue weighted by molar-refractivity contribution is 7.89. The van der Waals surface area contributed by atoms with Crippen LogP contribution in [-0.4, -0.2) is 15.2 Å². The highest BCUT2D eigenvalue weighted by Crippen LogP contribution is 2.33. The number of halogens is 1. The summed E-state index contributed by atoms with van der Waals surface area (Å²) in [6.45, 7) is 1.80. The molecule has 1 aliphatic heterocycles. The second-order valence-corrected chi connectivity index (χ2v) is 6.69. The van der Waals surface area contributed by atoms with Gasteiger partial charge in [-0.05, 0) is 36.2 Å². The molecule has 0 spiro atoms. The first kappa shape index (κ1) is 14.8. The maximum absolute atomic E-state index is 13.2. The number of fused-ring (bicyclic) bond motifs is 1. The number of sulfonamides is 1. The lowest BCUT2D eigenvalue weighted by Crippen LogP contribution is -2.23. The average molecular weight is 323 g/mol. The topological polar surface area (TPSA) is 64.6 Å². The SMILES string of the molecule is Cc1cc(CNS(=O)(=O)c2ccc3c(c2)OCO3)ccc1F. The Bertz CT molecular complexity index is 820. The number of nitrogens with one attached hydrogen (secondary N) is 1. The number of hydrogen-bond donors (Lipinski definition) is 1. The molecule has 7 heteroatoms. The number of hydrogen-bond acceptors (Lipinski definition) is 4. The Morgan fingerprint density at radius 1 is 1.14 bits per heavy atom. The maximum atomic E-state index is 13.2. The van der Waals surface area contributed by atoms with Crippen LogP contribution in [0.4, 0.5) is 4.39 Å². The summed E-state index contributed by atoms with van der Waals surface area (Å²) >= 11 is 0. The van der Waals surface area contributed by atoms with Crippen molar-refractivity contribution >= 4 is 10.0 Å². The van der Waals surface area contributed by atoms with Gasteiger partial charge in [-0.15, -0.1) is 0 Å². The zero-order valence-corrected chi connectivity index (χ0v) is 12.6. The monoisotopic (exact) mass is 323 g/mol. The molecule has 0 bridgehead atoms. The van der Waals surface area contributed by atoms with Crippen molar-refractivity contribution in [2.24, 2.45) is 0 Å². The predicted octanol–water partition coefficient (Wildman–Crippen LogP) is 2.34. The molecule has 22 heavy (non-hydrogen) atoms. The minimum Gasteiger partial charge on any atom is -0.454 e. The van der Waals surface area contributed by atoms with E-state index < -0.39 is 10.0 Å². The Morgan fingerprint density at radius 3 is 2.68 bits per heavy atom. The molecule has 3 rings (SSSR count). The van der Waals surface area contributed by atoms with Gasteiger partial charge in [0.15, 0.2) is 11.5 Å². The van der Waals surface area contributed by atoms with Crippen molar-refractivity contribution in [2.45, 2.75) is 18.4 Å². The van der Waals surface area contributed by atoms with Gasteiger partial charge in [-0.1, -0.05) is 12.1 Å². The molecule has 0 aliphatic carbocycles. The quantitative estimate of drug-likeness (QED) is 0.938. The minimum atomic E-state index is -3.68. The van der Waals surface area contributed by atoms with Crippen molar-refractivity contribution in [1.82, 2.24) is 4.72 Å². The van der Waals surface area contributed by atoms with Crippen LogP contribution in [-0.2, 0) is 16.6 Å². The molecule has 116 valence electrons. The summed E-state index contributed by atoms with van der Waals surface area (Å²) in [5.74, 6) is 0.607. The molecule has 0 saturated heterocycles. The van der Waals surface area contributed by atoms with Gasteiger partial charge in [0.25, 0.3) is 0 Å². The van der Waals surface area contributed by atoms with Gasteiger partial charge >= 0.3 is 0 Å². The van der Waals surface area contributed by atoms with Gasteiger partial charge in [0.05, 0.1) is 4.90 Å². The molecule has 1 aliphatic rings. The van der Waals surface area contributed by atoms with Gasteiger partial charge in [-0.25, -0.2) is 17.5 Å². The highest BCUT2D eigenvalue weighted by Gasteiger charge is 2.20. The van der Waals surface area contributed by atoms with Crippen LogP contribution in [0, 0.1) is 12.7 Å². The van der Waals surface area contributed by atoms with Crippen molar-refractivity contribution in [3.05, 3.63) is 53.3 Å². The standard InChI is InChI=1S/C15H14FNO4S/c1-10-6-11(2-4-13(10)16)8-17-22(18,19)12-3-5-14-15(7-12)21-9-20-14/h2-7,17H,8-9H2,1H3. The molecule has 5 nitrogen and oxygen atoms in total. The van der Waals surface area contributed by atoms with Crippen LogP contribution in [0.2, 0.25) is 0 Å². The molecular weight excluding hydrogens is 309 g/mol. The third kappa shape index (κ3) is 2.90. The molecule has 2 aromatic rings. The average Bonchev–Trinajstić information content (AvgIpc) is 2.96. The molecule has 0 fully saturated rings. The Balaban J connectivity index is 1.77. The van der Waals surface area contributed by atoms with E-state index in [0.717, 1.165) is 0 Å². The fraction of sp³-hybridized carbons (Fsp3) is 0.200. The van der Waals surface area contributed by atoms with E-state index in [2.05, 4.69) is 4.72 Å². The van der Waals surface area contributed by atoms with E-state index in [-0.39, 0.29) is 24.1 Å². The van der Waals surface area contributed by atoms with E-state index >= 15 is 0 Å². The molecule has 0 saturated carbocycles. The van der Waals surface area contributed by atoms with Crippen LogP contribution < -0.4 is 14.2 Å². The highest BCUT2D eigenvalue weighted by atomic mass is 32.2. The molecule has 0 radical (unpaired) electrons. The largest absolute Gasteiger partial charge is 0.454 e. The van der Waals surface area contributed by atoms with E-state index in [9.17, 15) is 12.8 Å². The second kappa shape index (κ2) is 5.58. The number of aryl methyl sites for hydroxylation is 1. The van der Waals surface area contributed by atoms with Gasteiger partial charge in [0.2, 0.25) is 16.8 Å². The number of ether oxygens (including phenoxy) is 2. The van der Waals surface area contributed by atoms with Gasteiger partial charge in [-0.3, -0.25) is 0 Å². The Labute approximate surface area is 127 Å². The lowest BCUT2D eigenvalue weighted by atomic mass is 10.1. The van der Waals surface area contributed by atoms with E-state index in [4.69, 9.17) is 9.47 Å². The van der Waals surface area contributed by atoms with Gasteiger partial charge in [0.1, 0.15) is 5.82 Å². The molecule has 0 unspecified atom stereocenters. The van der Waals surface area contributed by atoms with E-state index in [1.54, 1.807) is 25.1 Å². The number of benzene rings is 2. The third-order valence-corrected chi connectivity index (χ3v) is 4.74. The molecule has 0 atom stereocenters. The zero-order chi connectivity index (χ0) is 15.7. The van der Waals surface area contributed by atoms with Crippen LogP contribution in [0.25, 0.3) is 0 Å². The summed E-state index contributed by atoms with van der Waals surface area (Å²) in [6, 6.07) is 8.90. The fourth-order valence-corrected chi connectivity index (χ4v) is 3.16. The molecule has 1 N–H and O–H groups in total. The van der Waals surface area contributed by atoms with Crippen LogP contribution in [0.15, 0.2) is 41.3 Å². The van der Waals surface area contributed by atoms with Crippen molar-refractivity contribution in [3.8, 4) is 11.5 Å². The van der Waals surface area contributed by atoms with Crippen LogP contribution in [0.5, 0.6) is 11.5 Å². The normalized spacial score (nSPS) is 13.4. The first-order chi connectivity index (χ1) is 10.5. The maximum Gasteiger partial charge on any atom is 0.241 e. The zero-order valence-electron chi connectivity index (χ0n) is 11.8. The first-order valence-electron chi connectivity index (χ1n) is 6.60. The lowest BCUT2D eigenvalue weighted by Gasteiger charge is -2.08. The van der Waals surface area contributed by atoms with Crippen LogP contribution in [0.3, 0.4) is 0 Å². The molecule has 0 aromatic heterocycles. The summed E-state index contributed by atoms with van der Waals surface area (Å²) in [7, 11) is -3.68. The Hall–Kier alpha value is -2.12. The van der Waals surface area contributed by atoms with E-state index in [0.29, 0.717) is 22.6 Å². The van der Waals surface area contributed by atoms with Crippen molar-refractivity contribution in [2.75, 3.05) is 6.79 Å². The first-order valence-corrected chi connectivity index (χ1v) is 8.08. The van der Waals surface area contributed by atoms with Gasteiger partial charge < -0.3 is 9.47 Å². The van der Waals surface area contributed by atoms with Crippen LogP contribution in [0.1, 0.15) is 11.1 Å². The van der Waals surface area contributed by atoms with Crippen molar-refractivity contribution < 1.29 is 22.3 Å². The molecular formula is C15H14FNO4S. The third-order valence-electron chi connectivity index (χ3n) is 3.34. The van der Waals surface area contributed by atoms with Crippen molar-refractivity contribution in [3.63, 3.8) is 0 Å². The molecule has 2 aromatic carbocycles. The minimum absolute atomic E-state index is 0.0812. The number of rotatable bonds is 4. The van der Waals surface area contributed by atoms with Gasteiger partial charge in [-0.2, -0.15) is 0 Å². The molecule has 0 amide bonds. The smallest absolute Gasteiger partial charge is 0.241 e. The van der Waals surface area contributed by atoms with E-state index in [1.807, 2.05) is 0 Å². The summed E-state index contributed by atoms with van der Waals surface area (Å²) in [5, 5.41) is 0. The van der Waals surface area contributed by atoms with Crippen LogP contribution >= 0.6 is 0 Å². The van der Waals surface area contributed by atoms with E-state index in [1.165, 1.54) is 18.2 Å². The summed E-state index contributed by atoms with van der Waals surface area (Å²) in [5.41, 5.74) is 1.16.